The van der Waals surface area contributed by atoms with Crippen molar-refractivity contribution >= 4 is 0 Å². The zero-order valence-corrected chi connectivity index (χ0v) is 11.4. The summed E-state index contributed by atoms with van der Waals surface area (Å²) < 4.78 is 1.97. The van der Waals surface area contributed by atoms with Crippen LogP contribution in [-0.2, 0) is 13.1 Å². The molecule has 0 saturated carbocycles. The van der Waals surface area contributed by atoms with Gasteiger partial charge in [0.05, 0.1) is 6.20 Å². The van der Waals surface area contributed by atoms with Crippen molar-refractivity contribution in [2.75, 3.05) is 13.1 Å². The van der Waals surface area contributed by atoms with Crippen LogP contribution in [0.5, 0.6) is 0 Å². The first-order valence-corrected chi connectivity index (χ1v) is 6.68. The Morgan fingerprint density at radius 1 is 1.41 bits per heavy atom. The number of likely N-dealkylation sites (N-methyl/N-ethyl adjacent to an activating group) is 1. The first kappa shape index (κ1) is 14.2. The molecule has 0 unspecified atom stereocenters. The lowest BCUT2D eigenvalue weighted by atomic mass is 10.1. The van der Waals surface area contributed by atoms with Crippen molar-refractivity contribution in [2.45, 2.75) is 52.7 Å². The Morgan fingerprint density at radius 3 is 2.71 bits per heavy atom. The number of aryl methyl sites for hydroxylation is 1. The van der Waals surface area contributed by atoms with Crippen molar-refractivity contribution in [3.63, 3.8) is 0 Å². The molecule has 1 heterocycles. The topological polar surface area (TPSA) is 47.1 Å². The normalized spacial score (nSPS) is 13.2. The number of hydrogen-bond donors (Lipinski definition) is 1. The van der Waals surface area contributed by atoms with Crippen LogP contribution in [0.25, 0.3) is 0 Å². The molecule has 0 aliphatic rings. The van der Waals surface area contributed by atoms with Crippen LogP contribution in [0.1, 0.15) is 39.2 Å². The molecule has 4 nitrogen and oxygen atoms in total. The van der Waals surface area contributed by atoms with E-state index in [1.807, 2.05) is 10.9 Å². The van der Waals surface area contributed by atoms with E-state index in [-0.39, 0.29) is 0 Å². The average Bonchev–Trinajstić information content (AvgIpc) is 2.76. The van der Waals surface area contributed by atoms with Crippen LogP contribution in [0.3, 0.4) is 0 Å². The van der Waals surface area contributed by atoms with Gasteiger partial charge in [-0.15, -0.1) is 0 Å². The molecule has 0 radical (unpaired) electrons. The number of nitrogens with two attached hydrogens (primary N) is 1. The van der Waals surface area contributed by atoms with E-state index in [1.54, 1.807) is 0 Å². The lowest BCUT2D eigenvalue weighted by Crippen LogP contribution is -2.36. The molecule has 1 aromatic heterocycles. The third kappa shape index (κ3) is 4.88. The Kier molecular flexibility index (Phi) is 6.22. The molecule has 1 rings (SSSR count). The van der Waals surface area contributed by atoms with Crippen LogP contribution in [0.4, 0.5) is 0 Å². The van der Waals surface area contributed by atoms with Crippen molar-refractivity contribution in [3.05, 3.63) is 18.0 Å². The van der Waals surface area contributed by atoms with Gasteiger partial charge in [-0.25, -0.2) is 0 Å². The number of rotatable bonds is 8. The van der Waals surface area contributed by atoms with E-state index in [2.05, 4.69) is 37.0 Å². The van der Waals surface area contributed by atoms with Crippen LogP contribution >= 0.6 is 0 Å². The van der Waals surface area contributed by atoms with Gasteiger partial charge in [-0.2, -0.15) is 5.10 Å². The molecule has 0 spiro atoms. The zero-order valence-electron chi connectivity index (χ0n) is 11.4. The summed E-state index contributed by atoms with van der Waals surface area (Å²) in [5.74, 6) is 0. The SMILES string of the molecule is CCC[C@H](N)CN(CC)Cc1cnn(CC)c1. The molecular formula is C13H26N4. The fraction of sp³-hybridized carbons (Fsp3) is 0.769. The lowest BCUT2D eigenvalue weighted by molar-refractivity contribution is 0.256. The maximum absolute atomic E-state index is 6.08. The van der Waals surface area contributed by atoms with E-state index < -0.39 is 0 Å². The average molecular weight is 238 g/mol. The van der Waals surface area contributed by atoms with E-state index in [1.165, 1.54) is 5.56 Å². The van der Waals surface area contributed by atoms with Crippen LogP contribution in [0.2, 0.25) is 0 Å². The number of nitrogens with zero attached hydrogens (tertiary/aromatic N) is 3. The molecular weight excluding hydrogens is 212 g/mol. The van der Waals surface area contributed by atoms with Gasteiger partial charge in [-0.05, 0) is 19.9 Å². The molecule has 0 aliphatic carbocycles. The minimum atomic E-state index is 0.293. The molecule has 2 N–H and O–H groups in total. The fourth-order valence-electron chi connectivity index (χ4n) is 2.02. The molecule has 0 fully saturated rings. The quantitative estimate of drug-likeness (QED) is 0.752. The molecule has 1 aromatic rings. The molecule has 1 atom stereocenters. The molecule has 98 valence electrons. The predicted octanol–water partition coefficient (Wildman–Crippen LogP) is 1.85. The highest BCUT2D eigenvalue weighted by Gasteiger charge is 2.09. The van der Waals surface area contributed by atoms with Crippen molar-refractivity contribution in [2.24, 2.45) is 5.73 Å². The van der Waals surface area contributed by atoms with Gasteiger partial charge in [0.2, 0.25) is 0 Å². The van der Waals surface area contributed by atoms with E-state index in [4.69, 9.17) is 5.73 Å². The summed E-state index contributed by atoms with van der Waals surface area (Å²) >= 11 is 0. The van der Waals surface area contributed by atoms with E-state index in [9.17, 15) is 0 Å². The molecule has 0 bridgehead atoms. The smallest absolute Gasteiger partial charge is 0.0534 e. The third-order valence-electron chi connectivity index (χ3n) is 3.02. The van der Waals surface area contributed by atoms with Gasteiger partial charge in [0.25, 0.3) is 0 Å². The lowest BCUT2D eigenvalue weighted by Gasteiger charge is -2.23. The van der Waals surface area contributed by atoms with E-state index in [0.717, 1.165) is 39.0 Å². The summed E-state index contributed by atoms with van der Waals surface area (Å²) in [7, 11) is 0. The Bertz CT molecular complexity index is 308. The van der Waals surface area contributed by atoms with E-state index >= 15 is 0 Å². The number of aromatic nitrogens is 2. The van der Waals surface area contributed by atoms with Gasteiger partial charge < -0.3 is 5.73 Å². The first-order chi connectivity index (χ1) is 8.19. The highest BCUT2D eigenvalue weighted by molar-refractivity contribution is 5.03. The van der Waals surface area contributed by atoms with Gasteiger partial charge in [-0.3, -0.25) is 9.58 Å². The van der Waals surface area contributed by atoms with Crippen LogP contribution < -0.4 is 5.73 Å². The minimum Gasteiger partial charge on any atom is -0.327 e. The van der Waals surface area contributed by atoms with Gasteiger partial charge in [0.1, 0.15) is 0 Å². The molecule has 17 heavy (non-hydrogen) atoms. The second kappa shape index (κ2) is 7.45. The molecule has 0 saturated heterocycles. The van der Waals surface area contributed by atoms with Gasteiger partial charge in [0.15, 0.2) is 0 Å². The molecule has 0 aliphatic heterocycles. The Hall–Kier alpha value is -0.870. The van der Waals surface area contributed by atoms with Crippen LogP contribution in [0, 0.1) is 0 Å². The third-order valence-corrected chi connectivity index (χ3v) is 3.02. The van der Waals surface area contributed by atoms with Crippen LogP contribution in [-0.4, -0.2) is 33.8 Å². The summed E-state index contributed by atoms with van der Waals surface area (Å²) in [5, 5.41) is 4.30. The summed E-state index contributed by atoms with van der Waals surface area (Å²) in [4.78, 5) is 2.39. The van der Waals surface area contributed by atoms with Crippen molar-refractivity contribution in [1.82, 2.24) is 14.7 Å². The molecule has 0 amide bonds. The standard InChI is InChI=1S/C13H26N4/c1-4-7-13(14)11-16(5-2)9-12-8-15-17(6-3)10-12/h8,10,13H,4-7,9,11,14H2,1-3H3/t13-/m0/s1. The molecule has 4 heteroatoms. The maximum atomic E-state index is 6.08. The summed E-state index contributed by atoms with van der Waals surface area (Å²) in [5.41, 5.74) is 7.36. The first-order valence-electron chi connectivity index (χ1n) is 6.68. The van der Waals surface area contributed by atoms with Gasteiger partial charge in [-0.1, -0.05) is 20.3 Å². The highest BCUT2D eigenvalue weighted by Crippen LogP contribution is 2.05. The Labute approximate surface area is 105 Å². The predicted molar refractivity (Wildman–Crippen MR) is 71.7 cm³/mol. The van der Waals surface area contributed by atoms with Gasteiger partial charge in [0, 0.05) is 37.4 Å². The van der Waals surface area contributed by atoms with Crippen molar-refractivity contribution in [1.29, 1.82) is 0 Å². The zero-order chi connectivity index (χ0) is 12.7. The second-order valence-corrected chi connectivity index (χ2v) is 4.58. The Balaban J connectivity index is 2.45. The molecule has 0 aromatic carbocycles. The minimum absolute atomic E-state index is 0.293. The van der Waals surface area contributed by atoms with Crippen molar-refractivity contribution in [3.8, 4) is 0 Å². The summed E-state index contributed by atoms with van der Waals surface area (Å²) in [6.07, 6.45) is 6.34. The summed E-state index contributed by atoms with van der Waals surface area (Å²) in [6.45, 7) is 10.4. The van der Waals surface area contributed by atoms with E-state index in [0.29, 0.717) is 6.04 Å². The monoisotopic (exact) mass is 238 g/mol. The highest BCUT2D eigenvalue weighted by atomic mass is 15.3. The maximum Gasteiger partial charge on any atom is 0.0534 e. The summed E-state index contributed by atoms with van der Waals surface area (Å²) in [6, 6.07) is 0.293. The Morgan fingerprint density at radius 2 is 2.18 bits per heavy atom. The van der Waals surface area contributed by atoms with Crippen LogP contribution in [0.15, 0.2) is 12.4 Å². The number of hydrogen-bond acceptors (Lipinski definition) is 3. The second-order valence-electron chi connectivity index (χ2n) is 4.58. The van der Waals surface area contributed by atoms with Crippen molar-refractivity contribution < 1.29 is 0 Å². The largest absolute Gasteiger partial charge is 0.327 e. The fourth-order valence-corrected chi connectivity index (χ4v) is 2.02. The van der Waals surface area contributed by atoms with Gasteiger partial charge >= 0.3 is 0 Å².